The predicted molar refractivity (Wildman–Crippen MR) is 77.4 cm³/mol. The average molecular weight is 322 g/mol. The molecular weight excluding hydrogens is 306 g/mol. The van der Waals surface area contributed by atoms with E-state index in [1.807, 2.05) is 20.8 Å². The Kier molecular flexibility index (Phi) is 3.68. The van der Waals surface area contributed by atoms with Crippen LogP contribution in [0.15, 0.2) is 16.6 Å². The van der Waals surface area contributed by atoms with Gasteiger partial charge in [-0.25, -0.2) is 13.4 Å². The van der Waals surface area contributed by atoms with Gasteiger partial charge in [-0.2, -0.15) is 4.31 Å². The Hall–Kier alpha value is -0.630. The third-order valence-electron chi connectivity index (χ3n) is 3.50. The van der Waals surface area contributed by atoms with E-state index < -0.39 is 15.6 Å². The molecule has 0 spiro atoms. The zero-order valence-electron chi connectivity index (χ0n) is 11.2. The van der Waals surface area contributed by atoms with Crippen molar-refractivity contribution in [1.82, 2.24) is 13.7 Å². The number of halogens is 1. The summed E-state index contributed by atoms with van der Waals surface area (Å²) in [6.07, 6.45) is 2.37. The van der Waals surface area contributed by atoms with E-state index in [1.165, 1.54) is 20.0 Å². The summed E-state index contributed by atoms with van der Waals surface area (Å²) >= 11 is 7.35. The number of rotatable bonds is 4. The van der Waals surface area contributed by atoms with Gasteiger partial charge in [0.2, 0.25) is 0 Å². The Bertz CT molecular complexity index is 703. The lowest BCUT2D eigenvalue weighted by Crippen LogP contribution is -2.44. The number of thiazole rings is 1. The first kappa shape index (κ1) is 14.8. The van der Waals surface area contributed by atoms with E-state index in [0.29, 0.717) is 11.4 Å². The molecule has 0 amide bonds. The highest BCUT2D eigenvalue weighted by Crippen LogP contribution is 2.31. The molecular formula is C11H16ClN3O2S2. The lowest BCUT2D eigenvalue weighted by atomic mass is 10.0. The van der Waals surface area contributed by atoms with Crippen molar-refractivity contribution in [1.29, 1.82) is 0 Å². The molecule has 0 unspecified atom stereocenters. The van der Waals surface area contributed by atoms with E-state index in [9.17, 15) is 8.42 Å². The molecule has 5 nitrogen and oxygen atoms in total. The van der Waals surface area contributed by atoms with E-state index in [1.54, 1.807) is 18.6 Å². The van der Waals surface area contributed by atoms with Gasteiger partial charge in [0.25, 0.3) is 10.0 Å². The lowest BCUT2D eigenvalue weighted by Gasteiger charge is -2.33. The van der Waals surface area contributed by atoms with Gasteiger partial charge in [-0.15, -0.1) is 11.3 Å². The van der Waals surface area contributed by atoms with Crippen LogP contribution in [-0.4, -0.2) is 34.7 Å². The second-order valence-electron chi connectivity index (χ2n) is 4.90. The minimum Gasteiger partial charge on any atom is -0.279 e. The summed E-state index contributed by atoms with van der Waals surface area (Å²) in [6, 6.07) is 0. The summed E-state index contributed by atoms with van der Waals surface area (Å²) in [5.41, 5.74) is -0.484. The van der Waals surface area contributed by atoms with Gasteiger partial charge in [-0.1, -0.05) is 18.5 Å². The molecule has 106 valence electrons. The molecule has 0 saturated carbocycles. The normalized spacial score (nSPS) is 13.6. The van der Waals surface area contributed by atoms with Gasteiger partial charge in [0.15, 0.2) is 15.1 Å². The molecule has 2 rings (SSSR count). The zero-order chi connectivity index (χ0) is 14.4. The van der Waals surface area contributed by atoms with Crippen molar-refractivity contribution in [2.45, 2.75) is 37.8 Å². The number of nitrogens with zero attached hydrogens (tertiary/aromatic N) is 3. The van der Waals surface area contributed by atoms with Crippen molar-refractivity contribution in [3.63, 3.8) is 0 Å². The van der Waals surface area contributed by atoms with Crippen molar-refractivity contribution < 1.29 is 8.42 Å². The predicted octanol–water partition coefficient (Wildman–Crippen LogP) is 2.86. The first-order valence-corrected chi connectivity index (χ1v) is 8.51. The summed E-state index contributed by atoms with van der Waals surface area (Å²) in [5, 5.41) is 1.84. The van der Waals surface area contributed by atoms with Crippen LogP contribution in [-0.2, 0) is 10.0 Å². The molecule has 0 fully saturated rings. The van der Waals surface area contributed by atoms with Crippen molar-refractivity contribution in [2.24, 2.45) is 0 Å². The molecule has 8 heteroatoms. The maximum Gasteiger partial charge on any atom is 0.262 e. The highest BCUT2D eigenvalue weighted by atomic mass is 35.5. The fourth-order valence-electron chi connectivity index (χ4n) is 1.65. The Labute approximate surface area is 121 Å². The molecule has 0 aliphatic carbocycles. The van der Waals surface area contributed by atoms with Crippen molar-refractivity contribution in [3.05, 3.63) is 16.7 Å². The molecule has 2 aromatic rings. The molecule has 2 heterocycles. The lowest BCUT2D eigenvalue weighted by molar-refractivity contribution is 0.256. The maximum absolute atomic E-state index is 12.7. The van der Waals surface area contributed by atoms with Crippen LogP contribution >= 0.6 is 22.9 Å². The monoisotopic (exact) mass is 321 g/mol. The molecule has 2 aromatic heterocycles. The van der Waals surface area contributed by atoms with Gasteiger partial charge < -0.3 is 0 Å². The molecule has 0 N–H and O–H groups in total. The first-order valence-electron chi connectivity index (χ1n) is 5.82. The number of fused-ring (bicyclic) bond motifs is 1. The average Bonchev–Trinajstić information content (AvgIpc) is 2.86. The molecule has 0 saturated heterocycles. The third-order valence-corrected chi connectivity index (χ3v) is 6.73. The van der Waals surface area contributed by atoms with E-state index in [0.717, 1.165) is 0 Å². The topological polar surface area (TPSA) is 54.7 Å². The van der Waals surface area contributed by atoms with Gasteiger partial charge in [0.05, 0.1) is 0 Å². The number of aromatic nitrogens is 2. The van der Waals surface area contributed by atoms with E-state index >= 15 is 0 Å². The number of hydrogen-bond donors (Lipinski definition) is 0. The highest BCUT2D eigenvalue weighted by Gasteiger charge is 2.36. The first-order chi connectivity index (χ1) is 8.71. The fourth-order valence-corrected chi connectivity index (χ4v) is 4.63. The van der Waals surface area contributed by atoms with E-state index in [2.05, 4.69) is 4.98 Å². The molecule has 0 atom stereocenters. The highest BCUT2D eigenvalue weighted by molar-refractivity contribution is 7.89. The molecule has 0 aromatic carbocycles. The van der Waals surface area contributed by atoms with Crippen LogP contribution in [0, 0.1) is 0 Å². The second-order valence-corrected chi connectivity index (χ2v) is 8.02. The smallest absolute Gasteiger partial charge is 0.262 e. The van der Waals surface area contributed by atoms with Crippen LogP contribution in [0.4, 0.5) is 0 Å². The van der Waals surface area contributed by atoms with Crippen LogP contribution in [0.1, 0.15) is 27.2 Å². The van der Waals surface area contributed by atoms with Gasteiger partial charge in [0, 0.05) is 24.2 Å². The molecule has 0 aliphatic heterocycles. The van der Waals surface area contributed by atoms with Crippen LogP contribution in [0.25, 0.3) is 4.96 Å². The fraction of sp³-hybridized carbons (Fsp3) is 0.545. The van der Waals surface area contributed by atoms with Crippen LogP contribution < -0.4 is 0 Å². The number of hydrogen-bond acceptors (Lipinski definition) is 4. The Morgan fingerprint density at radius 1 is 1.53 bits per heavy atom. The molecule has 0 bridgehead atoms. The Balaban J connectivity index is 2.62. The second kappa shape index (κ2) is 4.73. The minimum atomic E-state index is -3.68. The van der Waals surface area contributed by atoms with Crippen LogP contribution in [0.3, 0.4) is 0 Å². The summed E-state index contributed by atoms with van der Waals surface area (Å²) in [6.45, 7) is 5.71. The van der Waals surface area contributed by atoms with Crippen LogP contribution in [0.5, 0.6) is 0 Å². The molecule has 0 aliphatic rings. The standard InChI is InChI=1S/C11H16ClN3O2S2/c1-5-11(2,3)14(4)19(16,17)9-8(12)13-10-15(9)6-7-18-10/h6-7H,5H2,1-4H3. The van der Waals surface area contributed by atoms with Gasteiger partial charge >= 0.3 is 0 Å². The van der Waals surface area contributed by atoms with Crippen molar-refractivity contribution >= 4 is 37.9 Å². The van der Waals surface area contributed by atoms with Gasteiger partial charge in [0.1, 0.15) is 0 Å². The molecule has 0 radical (unpaired) electrons. The van der Waals surface area contributed by atoms with Gasteiger partial charge in [-0.3, -0.25) is 4.40 Å². The quantitative estimate of drug-likeness (QED) is 0.870. The summed E-state index contributed by atoms with van der Waals surface area (Å²) in [7, 11) is -2.11. The zero-order valence-corrected chi connectivity index (χ0v) is 13.6. The van der Waals surface area contributed by atoms with Crippen molar-refractivity contribution in [2.75, 3.05) is 7.05 Å². The molecule has 19 heavy (non-hydrogen) atoms. The van der Waals surface area contributed by atoms with E-state index in [-0.39, 0.29) is 10.2 Å². The minimum absolute atomic E-state index is 0.0191. The number of sulfonamides is 1. The Morgan fingerprint density at radius 2 is 2.16 bits per heavy atom. The Morgan fingerprint density at radius 3 is 2.74 bits per heavy atom. The van der Waals surface area contributed by atoms with Crippen LogP contribution in [0.2, 0.25) is 5.15 Å². The summed E-state index contributed by atoms with van der Waals surface area (Å²) in [4.78, 5) is 4.65. The maximum atomic E-state index is 12.7. The van der Waals surface area contributed by atoms with Gasteiger partial charge in [-0.05, 0) is 20.3 Å². The van der Waals surface area contributed by atoms with Crippen molar-refractivity contribution in [3.8, 4) is 0 Å². The third kappa shape index (κ3) is 2.29. The number of imidazole rings is 1. The SMILES string of the molecule is CCC(C)(C)N(C)S(=O)(=O)c1c(Cl)nc2sccn12. The largest absolute Gasteiger partial charge is 0.279 e. The summed E-state index contributed by atoms with van der Waals surface area (Å²) in [5.74, 6) is 0. The van der Waals surface area contributed by atoms with E-state index in [4.69, 9.17) is 11.6 Å². The summed E-state index contributed by atoms with van der Waals surface area (Å²) < 4.78 is 28.3.